The topological polar surface area (TPSA) is 52.3 Å². The van der Waals surface area contributed by atoms with E-state index in [2.05, 4.69) is 0 Å². The van der Waals surface area contributed by atoms with E-state index in [9.17, 15) is 4.79 Å². The highest BCUT2D eigenvalue weighted by Crippen LogP contribution is 2.26. The van der Waals surface area contributed by atoms with Crippen LogP contribution in [0.1, 0.15) is 24.8 Å². The van der Waals surface area contributed by atoms with Crippen molar-refractivity contribution in [3.8, 4) is 11.5 Å². The molecule has 0 radical (unpaired) electrons. The highest BCUT2D eigenvalue weighted by molar-refractivity contribution is 5.74. The molecular weight excluding hydrogens is 238 g/mol. The maximum absolute atomic E-state index is 10.9. The molecule has 0 aliphatic rings. The molecule has 0 saturated carbocycles. The molecule has 0 aromatic heterocycles. The molecule has 1 amide bonds. The van der Waals surface area contributed by atoms with Crippen LogP contribution in [0, 0.1) is 0 Å². The molecule has 2 rings (SSSR count). The predicted molar refractivity (Wildman–Crippen MR) is 75.2 cm³/mol. The minimum absolute atomic E-state index is 0.0943. The van der Waals surface area contributed by atoms with E-state index in [0.717, 1.165) is 17.1 Å². The second-order valence-electron chi connectivity index (χ2n) is 4.56. The van der Waals surface area contributed by atoms with Crippen LogP contribution >= 0.6 is 0 Å². The van der Waals surface area contributed by atoms with Crippen molar-refractivity contribution in [1.82, 2.24) is 0 Å². The lowest BCUT2D eigenvalue weighted by atomic mass is 9.97. The zero-order chi connectivity index (χ0) is 13.7. The molecule has 3 nitrogen and oxygen atoms in total. The first kappa shape index (κ1) is 13.1. The van der Waals surface area contributed by atoms with E-state index in [1.165, 1.54) is 0 Å². The highest BCUT2D eigenvalue weighted by Gasteiger charge is 2.09. The van der Waals surface area contributed by atoms with Crippen molar-refractivity contribution in [2.45, 2.75) is 19.3 Å². The zero-order valence-electron chi connectivity index (χ0n) is 10.9. The number of para-hydroxylation sites is 1. The Hall–Kier alpha value is -2.29. The molecular formula is C16H17NO2. The van der Waals surface area contributed by atoms with E-state index in [1.54, 1.807) is 0 Å². The van der Waals surface area contributed by atoms with Gasteiger partial charge >= 0.3 is 0 Å². The molecule has 1 atom stereocenters. The molecule has 0 aliphatic heterocycles. The maximum atomic E-state index is 10.9. The van der Waals surface area contributed by atoms with Crippen LogP contribution in [0.15, 0.2) is 54.6 Å². The van der Waals surface area contributed by atoms with Gasteiger partial charge in [-0.3, -0.25) is 4.79 Å². The Balaban J connectivity index is 2.13. The first-order chi connectivity index (χ1) is 9.15. The number of hydrogen-bond acceptors (Lipinski definition) is 2. The summed E-state index contributed by atoms with van der Waals surface area (Å²) in [6.07, 6.45) is 0.342. The van der Waals surface area contributed by atoms with Crippen molar-refractivity contribution in [3.05, 3.63) is 60.2 Å². The number of carbonyl (C=O) groups is 1. The third-order valence-corrected chi connectivity index (χ3v) is 2.91. The lowest BCUT2D eigenvalue weighted by molar-refractivity contribution is -0.118. The largest absolute Gasteiger partial charge is 0.457 e. The van der Waals surface area contributed by atoms with Crippen LogP contribution in [0.25, 0.3) is 0 Å². The fraction of sp³-hybridized carbons (Fsp3) is 0.188. The Morgan fingerprint density at radius 2 is 1.79 bits per heavy atom. The molecule has 0 heterocycles. The van der Waals surface area contributed by atoms with E-state index < -0.39 is 0 Å². The third-order valence-electron chi connectivity index (χ3n) is 2.91. The van der Waals surface area contributed by atoms with Crippen molar-refractivity contribution in [2.24, 2.45) is 5.73 Å². The molecule has 0 aliphatic carbocycles. The quantitative estimate of drug-likeness (QED) is 0.889. The number of primary amides is 1. The Morgan fingerprint density at radius 1 is 1.11 bits per heavy atom. The number of amides is 1. The van der Waals surface area contributed by atoms with Crippen molar-refractivity contribution >= 4 is 5.91 Å². The summed E-state index contributed by atoms with van der Waals surface area (Å²) in [6, 6.07) is 17.3. The summed E-state index contributed by atoms with van der Waals surface area (Å²) in [5, 5.41) is 0. The Labute approximate surface area is 113 Å². The first-order valence-electron chi connectivity index (χ1n) is 6.26. The van der Waals surface area contributed by atoms with Crippen LogP contribution in [-0.2, 0) is 4.79 Å². The Morgan fingerprint density at radius 3 is 2.47 bits per heavy atom. The van der Waals surface area contributed by atoms with Crippen molar-refractivity contribution < 1.29 is 9.53 Å². The summed E-state index contributed by atoms with van der Waals surface area (Å²) in [5.74, 6) is 1.36. The molecule has 98 valence electrons. The number of benzene rings is 2. The molecule has 1 unspecified atom stereocenters. The van der Waals surface area contributed by atoms with E-state index in [-0.39, 0.29) is 11.8 Å². The molecule has 19 heavy (non-hydrogen) atoms. The van der Waals surface area contributed by atoms with E-state index in [1.807, 2.05) is 61.5 Å². The van der Waals surface area contributed by atoms with Gasteiger partial charge in [0.1, 0.15) is 11.5 Å². The molecule has 0 fully saturated rings. The molecule has 3 heteroatoms. The number of hydrogen-bond donors (Lipinski definition) is 1. The van der Waals surface area contributed by atoms with Crippen LogP contribution in [0.5, 0.6) is 11.5 Å². The molecule has 2 aromatic rings. The fourth-order valence-corrected chi connectivity index (χ4v) is 1.93. The minimum Gasteiger partial charge on any atom is -0.457 e. The summed E-state index contributed by atoms with van der Waals surface area (Å²) in [5.41, 5.74) is 6.27. The predicted octanol–water partition coefficient (Wildman–Crippen LogP) is 3.46. The number of ether oxygens (including phenoxy) is 1. The van der Waals surface area contributed by atoms with Crippen molar-refractivity contribution in [2.75, 3.05) is 0 Å². The SMILES string of the molecule is CC(CC(N)=O)c1cccc(Oc2ccccc2)c1. The average Bonchev–Trinajstić information content (AvgIpc) is 2.39. The van der Waals surface area contributed by atoms with Crippen LogP contribution in [0.2, 0.25) is 0 Å². The van der Waals surface area contributed by atoms with Gasteiger partial charge in [0.25, 0.3) is 0 Å². The molecule has 2 aromatic carbocycles. The Bertz CT molecular complexity index is 552. The van der Waals surface area contributed by atoms with Gasteiger partial charge in [-0.2, -0.15) is 0 Å². The lowest BCUT2D eigenvalue weighted by Gasteiger charge is -2.12. The van der Waals surface area contributed by atoms with Crippen LogP contribution in [0.3, 0.4) is 0 Å². The van der Waals surface area contributed by atoms with Gasteiger partial charge in [0.15, 0.2) is 0 Å². The van der Waals surface area contributed by atoms with Gasteiger partial charge in [-0.25, -0.2) is 0 Å². The van der Waals surface area contributed by atoms with Crippen molar-refractivity contribution in [1.29, 1.82) is 0 Å². The summed E-state index contributed by atoms with van der Waals surface area (Å²) in [7, 11) is 0. The van der Waals surface area contributed by atoms with Gasteiger partial charge in [0.05, 0.1) is 0 Å². The van der Waals surface area contributed by atoms with E-state index in [0.29, 0.717) is 6.42 Å². The number of nitrogens with two attached hydrogens (primary N) is 1. The number of rotatable bonds is 5. The van der Waals surface area contributed by atoms with Crippen molar-refractivity contribution in [3.63, 3.8) is 0 Å². The second kappa shape index (κ2) is 6.05. The van der Waals surface area contributed by atoms with Gasteiger partial charge in [-0.05, 0) is 35.7 Å². The lowest BCUT2D eigenvalue weighted by Crippen LogP contribution is -2.13. The molecule has 0 saturated heterocycles. The first-order valence-corrected chi connectivity index (χ1v) is 6.26. The summed E-state index contributed by atoms with van der Waals surface area (Å²) >= 11 is 0. The van der Waals surface area contributed by atoms with Gasteiger partial charge in [0.2, 0.25) is 5.91 Å². The van der Waals surface area contributed by atoms with Gasteiger partial charge in [-0.15, -0.1) is 0 Å². The van der Waals surface area contributed by atoms with E-state index >= 15 is 0 Å². The minimum atomic E-state index is -0.290. The zero-order valence-corrected chi connectivity index (χ0v) is 10.9. The summed E-state index contributed by atoms with van der Waals surface area (Å²) in [6.45, 7) is 1.98. The summed E-state index contributed by atoms with van der Waals surface area (Å²) in [4.78, 5) is 10.9. The number of carbonyl (C=O) groups excluding carboxylic acids is 1. The highest BCUT2D eigenvalue weighted by atomic mass is 16.5. The Kier molecular flexibility index (Phi) is 4.18. The smallest absolute Gasteiger partial charge is 0.218 e. The third kappa shape index (κ3) is 3.85. The van der Waals surface area contributed by atoms with Crippen LogP contribution in [-0.4, -0.2) is 5.91 Å². The van der Waals surface area contributed by atoms with Gasteiger partial charge in [0, 0.05) is 6.42 Å². The normalized spacial score (nSPS) is 11.8. The monoisotopic (exact) mass is 255 g/mol. The standard InChI is InChI=1S/C16H17NO2/c1-12(10-16(17)18)13-6-5-9-15(11-13)19-14-7-3-2-4-8-14/h2-9,11-12H,10H2,1H3,(H2,17,18). The van der Waals surface area contributed by atoms with Gasteiger partial charge in [-0.1, -0.05) is 37.3 Å². The van der Waals surface area contributed by atoms with Gasteiger partial charge < -0.3 is 10.5 Å². The summed E-state index contributed by atoms with van der Waals surface area (Å²) < 4.78 is 5.76. The average molecular weight is 255 g/mol. The molecule has 0 spiro atoms. The molecule has 2 N–H and O–H groups in total. The molecule has 0 bridgehead atoms. The van der Waals surface area contributed by atoms with Crippen LogP contribution in [0.4, 0.5) is 0 Å². The fourth-order valence-electron chi connectivity index (χ4n) is 1.93. The second-order valence-corrected chi connectivity index (χ2v) is 4.56. The van der Waals surface area contributed by atoms with Crippen LogP contribution < -0.4 is 10.5 Å². The van der Waals surface area contributed by atoms with E-state index in [4.69, 9.17) is 10.5 Å². The maximum Gasteiger partial charge on any atom is 0.218 e.